The molecule has 0 aliphatic rings. The maximum absolute atomic E-state index is 11.4. The van der Waals surface area contributed by atoms with Crippen molar-refractivity contribution < 1.29 is 13.2 Å². The molecule has 5 nitrogen and oxygen atoms in total. The summed E-state index contributed by atoms with van der Waals surface area (Å²) in [5.74, 6) is 0.0101. The summed E-state index contributed by atoms with van der Waals surface area (Å²) in [4.78, 5) is 0.471. The first-order valence-electron chi connectivity index (χ1n) is 5.31. The van der Waals surface area contributed by atoms with Crippen molar-refractivity contribution in [3.63, 3.8) is 0 Å². The molecular formula is C9H20N2O3S2. The summed E-state index contributed by atoms with van der Waals surface area (Å²) >= 11 is 4.71. The van der Waals surface area contributed by atoms with Crippen molar-refractivity contribution in [2.45, 2.75) is 26.2 Å². The molecule has 0 aromatic carbocycles. The largest absolute Gasteiger partial charge is 0.393 e. The molecular weight excluding hydrogens is 248 g/mol. The SMILES string of the molecule is CCOCCS(=O)(=O)NCCCCC(N)=S. The highest BCUT2D eigenvalue weighted by molar-refractivity contribution is 7.89. The van der Waals surface area contributed by atoms with Crippen molar-refractivity contribution in [1.29, 1.82) is 0 Å². The highest BCUT2D eigenvalue weighted by atomic mass is 32.2. The second-order valence-corrected chi connectivity index (χ2v) is 5.78. The summed E-state index contributed by atoms with van der Waals surface area (Å²) in [6, 6.07) is 0. The molecule has 0 aliphatic carbocycles. The zero-order chi connectivity index (χ0) is 12.4. The molecule has 0 radical (unpaired) electrons. The highest BCUT2D eigenvalue weighted by Gasteiger charge is 2.08. The summed E-state index contributed by atoms with van der Waals surface area (Å²) in [7, 11) is -3.19. The Kier molecular flexibility index (Phi) is 8.73. The van der Waals surface area contributed by atoms with E-state index in [2.05, 4.69) is 4.72 Å². The summed E-state index contributed by atoms with van der Waals surface area (Å²) in [5.41, 5.74) is 5.32. The lowest BCUT2D eigenvalue weighted by Gasteiger charge is -2.06. The molecule has 0 bridgehead atoms. The lowest BCUT2D eigenvalue weighted by atomic mass is 10.2. The van der Waals surface area contributed by atoms with Crippen LogP contribution < -0.4 is 10.5 Å². The molecule has 0 rings (SSSR count). The molecule has 0 saturated heterocycles. The minimum atomic E-state index is -3.19. The second-order valence-electron chi connectivity index (χ2n) is 3.33. The topological polar surface area (TPSA) is 81.4 Å². The Morgan fingerprint density at radius 3 is 2.69 bits per heavy atom. The van der Waals surface area contributed by atoms with Crippen molar-refractivity contribution in [3.05, 3.63) is 0 Å². The Hall–Kier alpha value is -0.240. The van der Waals surface area contributed by atoms with Crippen LogP contribution in [0.15, 0.2) is 0 Å². The van der Waals surface area contributed by atoms with Crippen LogP contribution in [0.4, 0.5) is 0 Å². The fourth-order valence-corrected chi connectivity index (χ4v) is 2.12. The molecule has 0 aromatic heterocycles. The van der Waals surface area contributed by atoms with E-state index in [1.807, 2.05) is 6.92 Å². The van der Waals surface area contributed by atoms with Gasteiger partial charge < -0.3 is 10.5 Å². The Labute approximate surface area is 103 Å². The molecule has 0 aromatic rings. The van der Waals surface area contributed by atoms with E-state index in [0.29, 0.717) is 24.6 Å². The van der Waals surface area contributed by atoms with Crippen molar-refractivity contribution in [2.75, 3.05) is 25.5 Å². The number of thiocarbonyl (C=S) groups is 1. The minimum Gasteiger partial charge on any atom is -0.393 e. The Morgan fingerprint density at radius 1 is 1.44 bits per heavy atom. The molecule has 0 atom stereocenters. The Balaban J connectivity index is 3.54. The van der Waals surface area contributed by atoms with E-state index in [1.165, 1.54) is 0 Å². The molecule has 3 N–H and O–H groups in total. The number of sulfonamides is 1. The molecule has 0 heterocycles. The summed E-state index contributed by atoms with van der Waals surface area (Å²) in [5, 5.41) is 0. The predicted molar refractivity (Wildman–Crippen MR) is 68.9 cm³/mol. The van der Waals surface area contributed by atoms with Gasteiger partial charge in [0.05, 0.1) is 17.3 Å². The number of hydrogen-bond acceptors (Lipinski definition) is 4. The molecule has 0 aliphatic heterocycles. The number of hydrogen-bond donors (Lipinski definition) is 2. The van der Waals surface area contributed by atoms with Crippen molar-refractivity contribution in [2.24, 2.45) is 5.73 Å². The quantitative estimate of drug-likeness (QED) is 0.443. The lowest BCUT2D eigenvalue weighted by molar-refractivity contribution is 0.163. The van der Waals surface area contributed by atoms with Gasteiger partial charge >= 0.3 is 0 Å². The number of ether oxygens (including phenoxy) is 1. The van der Waals surface area contributed by atoms with Gasteiger partial charge in [0.25, 0.3) is 0 Å². The zero-order valence-corrected chi connectivity index (χ0v) is 11.2. The van der Waals surface area contributed by atoms with Crippen LogP contribution in [0.25, 0.3) is 0 Å². The van der Waals surface area contributed by atoms with E-state index in [-0.39, 0.29) is 12.4 Å². The molecule has 16 heavy (non-hydrogen) atoms. The average molecular weight is 268 g/mol. The fourth-order valence-electron chi connectivity index (χ4n) is 1.04. The van der Waals surface area contributed by atoms with Crippen LogP contribution >= 0.6 is 12.2 Å². The lowest BCUT2D eigenvalue weighted by Crippen LogP contribution is -2.29. The minimum absolute atomic E-state index is 0.0101. The molecule has 0 unspecified atom stereocenters. The van der Waals surface area contributed by atoms with Crippen LogP contribution in [0.1, 0.15) is 26.2 Å². The third-order valence-electron chi connectivity index (χ3n) is 1.87. The van der Waals surface area contributed by atoms with Gasteiger partial charge in [0.2, 0.25) is 10.0 Å². The third kappa shape index (κ3) is 10.3. The van der Waals surface area contributed by atoms with Crippen LogP contribution in [0, 0.1) is 0 Å². The molecule has 0 fully saturated rings. The maximum Gasteiger partial charge on any atom is 0.213 e. The van der Waals surface area contributed by atoms with Crippen LogP contribution in [0.5, 0.6) is 0 Å². The smallest absolute Gasteiger partial charge is 0.213 e. The maximum atomic E-state index is 11.4. The average Bonchev–Trinajstić information content (AvgIpc) is 2.16. The third-order valence-corrected chi connectivity index (χ3v) is 3.42. The van der Waals surface area contributed by atoms with Gasteiger partial charge in [0, 0.05) is 13.2 Å². The monoisotopic (exact) mass is 268 g/mol. The molecule has 7 heteroatoms. The van der Waals surface area contributed by atoms with Crippen LogP contribution in [-0.4, -0.2) is 38.9 Å². The van der Waals surface area contributed by atoms with Crippen LogP contribution in [-0.2, 0) is 14.8 Å². The van der Waals surface area contributed by atoms with E-state index in [4.69, 9.17) is 22.7 Å². The first-order valence-corrected chi connectivity index (χ1v) is 7.37. The van der Waals surface area contributed by atoms with Gasteiger partial charge in [0.15, 0.2) is 0 Å². The highest BCUT2D eigenvalue weighted by Crippen LogP contribution is 1.95. The molecule has 96 valence electrons. The van der Waals surface area contributed by atoms with Crippen LogP contribution in [0.3, 0.4) is 0 Å². The van der Waals surface area contributed by atoms with Gasteiger partial charge in [-0.3, -0.25) is 0 Å². The van der Waals surface area contributed by atoms with E-state index in [1.54, 1.807) is 0 Å². The first kappa shape index (κ1) is 15.8. The number of nitrogens with one attached hydrogen (secondary N) is 1. The Bertz CT molecular complexity index is 291. The predicted octanol–water partition coefficient (Wildman–Crippen LogP) is 0.399. The molecule has 0 saturated carbocycles. The Morgan fingerprint density at radius 2 is 2.12 bits per heavy atom. The standard InChI is InChI=1S/C9H20N2O3S2/c1-2-14-7-8-16(12,13)11-6-4-3-5-9(10)15/h11H,2-8H2,1H3,(H2,10,15). The summed E-state index contributed by atoms with van der Waals surface area (Å²) in [6.45, 7) is 3.02. The van der Waals surface area contributed by atoms with E-state index < -0.39 is 10.0 Å². The zero-order valence-electron chi connectivity index (χ0n) is 9.57. The molecule has 0 amide bonds. The van der Waals surface area contributed by atoms with Crippen molar-refractivity contribution in [1.82, 2.24) is 4.72 Å². The van der Waals surface area contributed by atoms with Crippen molar-refractivity contribution in [3.8, 4) is 0 Å². The van der Waals surface area contributed by atoms with Gasteiger partial charge in [-0.05, 0) is 26.2 Å². The summed E-state index contributed by atoms with van der Waals surface area (Å²) in [6.07, 6.45) is 2.21. The number of nitrogens with two attached hydrogens (primary N) is 1. The van der Waals surface area contributed by atoms with E-state index in [9.17, 15) is 8.42 Å². The number of rotatable bonds is 10. The van der Waals surface area contributed by atoms with Crippen LogP contribution in [0.2, 0.25) is 0 Å². The number of unbranched alkanes of at least 4 members (excludes halogenated alkanes) is 1. The summed E-state index contributed by atoms with van der Waals surface area (Å²) < 4.78 is 30.2. The van der Waals surface area contributed by atoms with Gasteiger partial charge in [-0.15, -0.1) is 0 Å². The fraction of sp³-hybridized carbons (Fsp3) is 0.889. The van der Waals surface area contributed by atoms with Gasteiger partial charge in [0.1, 0.15) is 0 Å². The second kappa shape index (κ2) is 8.86. The van der Waals surface area contributed by atoms with E-state index in [0.717, 1.165) is 12.8 Å². The van der Waals surface area contributed by atoms with Crippen molar-refractivity contribution >= 4 is 27.2 Å². The molecule has 0 spiro atoms. The van der Waals surface area contributed by atoms with E-state index >= 15 is 0 Å². The van der Waals surface area contributed by atoms with Gasteiger partial charge in [-0.2, -0.15) is 0 Å². The van der Waals surface area contributed by atoms with Gasteiger partial charge in [-0.1, -0.05) is 12.2 Å². The van der Waals surface area contributed by atoms with Gasteiger partial charge in [-0.25, -0.2) is 13.1 Å². The first-order chi connectivity index (χ1) is 7.48. The normalized spacial score (nSPS) is 11.6.